The Hall–Kier alpha value is -2.67. The Morgan fingerprint density at radius 2 is 1.76 bits per heavy atom. The van der Waals surface area contributed by atoms with Gasteiger partial charge in [0.15, 0.2) is 0 Å². The highest BCUT2D eigenvalue weighted by Crippen LogP contribution is 2.24. The number of allylic oxidation sites excluding steroid dienone is 2. The van der Waals surface area contributed by atoms with Crippen molar-refractivity contribution in [2.75, 3.05) is 0 Å². The van der Waals surface area contributed by atoms with E-state index in [1.165, 1.54) is 37.7 Å². The monoisotopic (exact) mass is 267 g/mol. The molecule has 0 N–H and O–H groups in total. The molecule has 3 aromatic carbocycles. The summed E-state index contributed by atoms with van der Waals surface area (Å²) in [5.74, 6) is 0. The zero-order valence-electron chi connectivity index (χ0n) is 11.5. The third-order valence-electron chi connectivity index (χ3n) is 4.47. The van der Waals surface area contributed by atoms with Crippen molar-refractivity contribution in [3.05, 3.63) is 87.3 Å². The second-order valence-electron chi connectivity index (χ2n) is 5.62. The smallest absolute Gasteiger partial charge is 0.0794 e. The van der Waals surface area contributed by atoms with Crippen molar-refractivity contribution in [1.29, 1.82) is 0 Å². The molecule has 3 aromatic rings. The molecule has 0 bridgehead atoms. The average molecular weight is 267 g/mol. The van der Waals surface area contributed by atoms with Gasteiger partial charge in [-0.1, -0.05) is 66.8 Å². The highest BCUT2D eigenvalue weighted by Gasteiger charge is 2.12. The Balaban J connectivity index is 2.04. The maximum Gasteiger partial charge on any atom is 0.0794 e. The fraction of sp³-hybridized carbons (Fsp3) is 0.0500. The van der Waals surface area contributed by atoms with Crippen LogP contribution in [0.15, 0.2) is 65.7 Å². The summed E-state index contributed by atoms with van der Waals surface area (Å²) in [6.45, 7) is 0. The predicted octanol–water partition coefficient (Wildman–Crippen LogP) is 3.28. The molecule has 0 amide bonds. The maximum atomic E-state index is 5.00. The molecule has 0 saturated heterocycles. The SMILES string of the molecule is C1=CCc2c3c(ccc2=C1)=c1ccc2ccccc2c1=N3. The van der Waals surface area contributed by atoms with Crippen LogP contribution in [0.4, 0.5) is 5.69 Å². The molecular formula is C20H13N. The highest BCUT2D eigenvalue weighted by molar-refractivity contribution is 5.83. The summed E-state index contributed by atoms with van der Waals surface area (Å²) >= 11 is 0. The number of rotatable bonds is 0. The Morgan fingerprint density at radius 3 is 2.76 bits per heavy atom. The largest absolute Gasteiger partial charge is 0.247 e. The van der Waals surface area contributed by atoms with Gasteiger partial charge in [0.1, 0.15) is 0 Å². The second-order valence-corrected chi connectivity index (χ2v) is 5.62. The lowest BCUT2D eigenvalue weighted by Gasteiger charge is -2.06. The fourth-order valence-corrected chi connectivity index (χ4v) is 3.43. The van der Waals surface area contributed by atoms with Gasteiger partial charge in [0.2, 0.25) is 0 Å². The first-order valence-electron chi connectivity index (χ1n) is 7.31. The standard InChI is InChI=1S/C20H13N/c1-3-7-15-13(5-1)9-11-17-18-12-10-14-6-2-4-8-16(14)20(18)21-19(15)17/h1-7,9-12H,8H2. The minimum atomic E-state index is 0.977. The first-order chi connectivity index (χ1) is 10.4. The molecule has 0 saturated carbocycles. The number of fused-ring (bicyclic) bond motifs is 6. The van der Waals surface area contributed by atoms with Gasteiger partial charge in [-0.15, -0.1) is 0 Å². The summed E-state index contributed by atoms with van der Waals surface area (Å²) in [6.07, 6.45) is 7.49. The number of hydrogen-bond donors (Lipinski definition) is 0. The maximum absolute atomic E-state index is 5.00. The van der Waals surface area contributed by atoms with E-state index in [1.807, 2.05) is 0 Å². The van der Waals surface area contributed by atoms with Crippen LogP contribution in [0.2, 0.25) is 0 Å². The van der Waals surface area contributed by atoms with Crippen molar-refractivity contribution in [2.24, 2.45) is 4.99 Å². The molecule has 1 nitrogen and oxygen atoms in total. The summed E-state index contributed by atoms with van der Waals surface area (Å²) in [6, 6.07) is 17.3. The summed E-state index contributed by atoms with van der Waals surface area (Å²) < 4.78 is 0. The number of benzene rings is 3. The molecule has 1 heterocycles. The molecule has 0 spiro atoms. The van der Waals surface area contributed by atoms with E-state index in [1.54, 1.807) is 0 Å². The van der Waals surface area contributed by atoms with Crippen LogP contribution in [0, 0.1) is 10.4 Å². The van der Waals surface area contributed by atoms with Crippen LogP contribution >= 0.6 is 0 Å². The lowest BCUT2D eigenvalue weighted by Crippen LogP contribution is -2.10. The van der Waals surface area contributed by atoms with Crippen molar-refractivity contribution >= 4 is 22.5 Å². The van der Waals surface area contributed by atoms with Crippen LogP contribution in [0.25, 0.3) is 16.8 Å². The van der Waals surface area contributed by atoms with Crippen LogP contribution in [-0.4, -0.2) is 0 Å². The highest BCUT2D eigenvalue weighted by atomic mass is 14.8. The zero-order valence-corrected chi connectivity index (χ0v) is 11.5. The lowest BCUT2D eigenvalue weighted by molar-refractivity contribution is 1.20. The normalized spacial score (nSPS) is 14.1. The molecule has 0 aromatic heterocycles. The van der Waals surface area contributed by atoms with Crippen molar-refractivity contribution in [2.45, 2.75) is 6.42 Å². The third-order valence-corrected chi connectivity index (χ3v) is 4.47. The Kier molecular flexibility index (Phi) is 2.06. The zero-order chi connectivity index (χ0) is 13.8. The lowest BCUT2D eigenvalue weighted by atomic mass is 10.0. The Morgan fingerprint density at radius 1 is 0.857 bits per heavy atom. The fourth-order valence-electron chi connectivity index (χ4n) is 3.43. The summed E-state index contributed by atoms with van der Waals surface area (Å²) in [5.41, 5.74) is 2.52. The summed E-state index contributed by atoms with van der Waals surface area (Å²) in [4.78, 5) is 5.00. The van der Waals surface area contributed by atoms with Crippen LogP contribution in [-0.2, 0) is 6.42 Å². The predicted molar refractivity (Wildman–Crippen MR) is 85.8 cm³/mol. The van der Waals surface area contributed by atoms with E-state index in [0.717, 1.165) is 11.8 Å². The van der Waals surface area contributed by atoms with E-state index in [0.29, 0.717) is 0 Å². The number of hydrogen-bond acceptors (Lipinski definition) is 1. The van der Waals surface area contributed by atoms with E-state index in [4.69, 9.17) is 4.99 Å². The molecule has 1 aliphatic heterocycles. The van der Waals surface area contributed by atoms with Crippen LogP contribution in [0.5, 0.6) is 0 Å². The van der Waals surface area contributed by atoms with Gasteiger partial charge in [-0.2, -0.15) is 0 Å². The first-order valence-corrected chi connectivity index (χ1v) is 7.31. The van der Waals surface area contributed by atoms with Gasteiger partial charge in [-0.25, -0.2) is 4.99 Å². The van der Waals surface area contributed by atoms with E-state index < -0.39 is 0 Å². The first kappa shape index (κ1) is 11.0. The molecule has 0 atom stereocenters. The van der Waals surface area contributed by atoms with Crippen molar-refractivity contribution in [1.82, 2.24) is 0 Å². The van der Waals surface area contributed by atoms with Gasteiger partial charge < -0.3 is 0 Å². The van der Waals surface area contributed by atoms with Crippen molar-refractivity contribution in [3.63, 3.8) is 0 Å². The van der Waals surface area contributed by atoms with Gasteiger partial charge in [0.25, 0.3) is 0 Å². The van der Waals surface area contributed by atoms with E-state index >= 15 is 0 Å². The molecule has 2 aliphatic rings. The van der Waals surface area contributed by atoms with Gasteiger partial charge in [-0.3, -0.25) is 0 Å². The Bertz CT molecular complexity index is 1150. The van der Waals surface area contributed by atoms with Crippen LogP contribution in [0.3, 0.4) is 0 Å². The summed E-state index contributed by atoms with van der Waals surface area (Å²) in [7, 11) is 0. The minimum absolute atomic E-state index is 0.977. The topological polar surface area (TPSA) is 12.4 Å². The minimum Gasteiger partial charge on any atom is -0.247 e. The van der Waals surface area contributed by atoms with Crippen molar-refractivity contribution < 1.29 is 0 Å². The molecule has 98 valence electrons. The van der Waals surface area contributed by atoms with Gasteiger partial charge >= 0.3 is 0 Å². The molecule has 0 radical (unpaired) electrons. The van der Waals surface area contributed by atoms with Crippen molar-refractivity contribution in [3.8, 4) is 0 Å². The average Bonchev–Trinajstić information content (AvgIpc) is 2.94. The molecule has 5 rings (SSSR count). The van der Waals surface area contributed by atoms with Crippen LogP contribution < -0.4 is 10.6 Å². The van der Waals surface area contributed by atoms with E-state index in [-0.39, 0.29) is 0 Å². The Labute approximate surface area is 121 Å². The third kappa shape index (κ3) is 1.43. The molecular weight excluding hydrogens is 254 g/mol. The van der Waals surface area contributed by atoms with Gasteiger partial charge in [-0.05, 0) is 22.6 Å². The van der Waals surface area contributed by atoms with E-state index in [9.17, 15) is 0 Å². The molecule has 1 aliphatic carbocycles. The molecule has 21 heavy (non-hydrogen) atoms. The van der Waals surface area contributed by atoms with E-state index in [2.05, 4.69) is 66.8 Å². The molecule has 0 unspecified atom stereocenters. The number of nitrogens with zero attached hydrogens (tertiary/aromatic N) is 1. The molecule has 1 heteroatoms. The quantitative estimate of drug-likeness (QED) is 0.463. The van der Waals surface area contributed by atoms with Gasteiger partial charge in [0, 0.05) is 15.8 Å². The summed E-state index contributed by atoms with van der Waals surface area (Å²) in [5, 5.41) is 7.48. The van der Waals surface area contributed by atoms with Crippen LogP contribution in [0.1, 0.15) is 5.56 Å². The second kappa shape index (κ2) is 3.92. The van der Waals surface area contributed by atoms with Gasteiger partial charge in [0.05, 0.1) is 11.0 Å². The molecule has 0 fully saturated rings.